The van der Waals surface area contributed by atoms with E-state index in [1.54, 1.807) is 0 Å². The molecule has 1 saturated carbocycles. The lowest BCUT2D eigenvalue weighted by Crippen LogP contribution is -2.05. The van der Waals surface area contributed by atoms with Gasteiger partial charge in [-0.15, -0.1) is 0 Å². The lowest BCUT2D eigenvalue weighted by atomic mass is 10.1. The van der Waals surface area contributed by atoms with E-state index in [2.05, 4.69) is 52.8 Å². The Morgan fingerprint density at radius 3 is 2.48 bits per heavy atom. The molecular weight excluding hydrogens is 310 g/mol. The highest BCUT2D eigenvalue weighted by Gasteiger charge is 2.43. The normalized spacial score (nSPS) is 18.5. The van der Waals surface area contributed by atoms with E-state index in [1.807, 2.05) is 24.3 Å². The van der Waals surface area contributed by atoms with Crippen molar-refractivity contribution >= 4 is 5.88 Å². The summed E-state index contributed by atoms with van der Waals surface area (Å²) in [5.41, 5.74) is 2.91. The van der Waals surface area contributed by atoms with Crippen LogP contribution in [0.5, 0.6) is 0 Å². The molecule has 4 rings (SSSR count). The molecule has 124 valence electrons. The Balaban J connectivity index is 1.41. The minimum Gasteiger partial charge on any atom is -0.424 e. The maximum atomic E-state index is 9.32. The summed E-state index contributed by atoms with van der Waals surface area (Å²) in [6, 6.07) is 22.8. The molecule has 25 heavy (non-hydrogen) atoms. The van der Waals surface area contributed by atoms with Crippen molar-refractivity contribution in [3.63, 3.8) is 0 Å². The van der Waals surface area contributed by atoms with Gasteiger partial charge >= 0.3 is 0 Å². The summed E-state index contributed by atoms with van der Waals surface area (Å²) < 4.78 is 5.87. The second-order valence-electron chi connectivity index (χ2n) is 6.36. The van der Waals surface area contributed by atoms with E-state index in [0.717, 1.165) is 12.8 Å². The number of nitrogens with zero attached hydrogens (tertiary/aromatic N) is 2. The van der Waals surface area contributed by atoms with Crippen LogP contribution in [-0.2, 0) is 6.42 Å². The number of anilines is 1. The standard InChI is InChI=1S/C21H19N3O/c22-14-19-21(23-12-11-15-7-3-1-4-8-15)25-20(24-19)18-13-17(18)16-9-5-2-6-10-16/h1-10,17-18,23H,11-13H2/t17-,18+/m1/s1. The number of hydrogen-bond donors (Lipinski definition) is 1. The molecule has 4 heteroatoms. The molecule has 1 heterocycles. The molecule has 2 aromatic carbocycles. The van der Waals surface area contributed by atoms with Gasteiger partial charge in [0.2, 0.25) is 17.5 Å². The monoisotopic (exact) mass is 329 g/mol. The Morgan fingerprint density at radius 2 is 1.76 bits per heavy atom. The van der Waals surface area contributed by atoms with Gasteiger partial charge in [0.05, 0.1) is 0 Å². The molecule has 0 spiro atoms. The first-order valence-corrected chi connectivity index (χ1v) is 8.58. The van der Waals surface area contributed by atoms with Gasteiger partial charge in [-0.3, -0.25) is 0 Å². The number of rotatable bonds is 6. The van der Waals surface area contributed by atoms with Crippen LogP contribution in [0.2, 0.25) is 0 Å². The molecule has 2 atom stereocenters. The van der Waals surface area contributed by atoms with Crippen LogP contribution in [0.3, 0.4) is 0 Å². The van der Waals surface area contributed by atoms with E-state index in [4.69, 9.17) is 4.42 Å². The number of oxazole rings is 1. The quantitative estimate of drug-likeness (QED) is 0.724. The van der Waals surface area contributed by atoms with E-state index in [-0.39, 0.29) is 5.92 Å². The van der Waals surface area contributed by atoms with E-state index in [0.29, 0.717) is 29.9 Å². The van der Waals surface area contributed by atoms with Crippen LogP contribution in [0.25, 0.3) is 0 Å². The molecule has 0 unspecified atom stereocenters. The molecule has 0 radical (unpaired) electrons. The molecule has 0 amide bonds. The molecule has 0 saturated heterocycles. The smallest absolute Gasteiger partial charge is 0.232 e. The summed E-state index contributed by atoms with van der Waals surface area (Å²) in [6.45, 7) is 0.708. The number of benzene rings is 2. The summed E-state index contributed by atoms with van der Waals surface area (Å²) in [5, 5.41) is 12.5. The zero-order valence-electron chi connectivity index (χ0n) is 13.9. The predicted octanol–water partition coefficient (Wildman–Crippen LogP) is 4.47. The first kappa shape index (κ1) is 15.5. The Morgan fingerprint density at radius 1 is 1.04 bits per heavy atom. The Hall–Kier alpha value is -3.06. The van der Waals surface area contributed by atoms with Gasteiger partial charge in [-0.1, -0.05) is 60.7 Å². The maximum Gasteiger partial charge on any atom is 0.232 e. The molecular formula is C21H19N3O. The third-order valence-corrected chi connectivity index (χ3v) is 4.63. The second-order valence-corrected chi connectivity index (χ2v) is 6.36. The van der Waals surface area contributed by atoms with E-state index < -0.39 is 0 Å². The maximum absolute atomic E-state index is 9.32. The van der Waals surface area contributed by atoms with E-state index in [9.17, 15) is 5.26 Å². The topological polar surface area (TPSA) is 61.9 Å². The molecule has 0 aliphatic heterocycles. The lowest BCUT2D eigenvalue weighted by Gasteiger charge is -2.03. The number of hydrogen-bond acceptors (Lipinski definition) is 4. The molecule has 1 aliphatic carbocycles. The van der Waals surface area contributed by atoms with Gasteiger partial charge in [0.25, 0.3) is 0 Å². The summed E-state index contributed by atoms with van der Waals surface area (Å²) >= 11 is 0. The number of aromatic nitrogens is 1. The van der Waals surface area contributed by atoms with Gasteiger partial charge in [0.1, 0.15) is 6.07 Å². The minimum atomic E-state index is 0.277. The Bertz CT molecular complexity index is 881. The SMILES string of the molecule is N#Cc1nc([C@H]2C[C@@H]2c2ccccc2)oc1NCCc1ccccc1. The fourth-order valence-corrected chi connectivity index (χ4v) is 3.19. The van der Waals surface area contributed by atoms with Crippen LogP contribution in [0.1, 0.15) is 41.0 Å². The summed E-state index contributed by atoms with van der Waals surface area (Å²) in [6.07, 6.45) is 1.90. The van der Waals surface area contributed by atoms with E-state index >= 15 is 0 Å². The largest absolute Gasteiger partial charge is 0.424 e. The van der Waals surface area contributed by atoms with E-state index in [1.165, 1.54) is 11.1 Å². The zero-order chi connectivity index (χ0) is 17.1. The van der Waals surface area contributed by atoms with Crippen LogP contribution in [0.15, 0.2) is 65.1 Å². The molecule has 4 nitrogen and oxygen atoms in total. The van der Waals surface area contributed by atoms with Crippen molar-refractivity contribution in [2.45, 2.75) is 24.7 Å². The van der Waals surface area contributed by atoms with Crippen LogP contribution in [0, 0.1) is 11.3 Å². The summed E-state index contributed by atoms with van der Waals surface area (Å²) in [5.74, 6) is 1.89. The third-order valence-electron chi connectivity index (χ3n) is 4.63. The molecule has 1 aromatic heterocycles. The predicted molar refractivity (Wildman–Crippen MR) is 96.4 cm³/mol. The van der Waals surface area contributed by atoms with Crippen LogP contribution >= 0.6 is 0 Å². The minimum absolute atomic E-state index is 0.277. The number of nitrogens with one attached hydrogen (secondary N) is 1. The Labute approximate surface area is 147 Å². The second kappa shape index (κ2) is 6.82. The van der Waals surface area contributed by atoms with Crippen molar-refractivity contribution in [1.29, 1.82) is 5.26 Å². The Kier molecular flexibility index (Phi) is 4.22. The average Bonchev–Trinajstić information content (AvgIpc) is 3.37. The number of nitriles is 1. The van der Waals surface area contributed by atoms with Gasteiger partial charge < -0.3 is 9.73 Å². The van der Waals surface area contributed by atoms with Crippen LogP contribution < -0.4 is 5.32 Å². The first-order chi connectivity index (χ1) is 12.3. The van der Waals surface area contributed by atoms with Crippen LogP contribution in [0.4, 0.5) is 5.88 Å². The van der Waals surface area contributed by atoms with Gasteiger partial charge in [-0.05, 0) is 29.9 Å². The van der Waals surface area contributed by atoms with Gasteiger partial charge in [0, 0.05) is 12.5 Å². The molecule has 1 fully saturated rings. The highest BCUT2D eigenvalue weighted by atomic mass is 16.4. The van der Waals surface area contributed by atoms with Gasteiger partial charge in [-0.2, -0.15) is 5.26 Å². The highest BCUT2D eigenvalue weighted by molar-refractivity contribution is 5.46. The molecule has 3 aromatic rings. The molecule has 0 bridgehead atoms. The lowest BCUT2D eigenvalue weighted by molar-refractivity contribution is 0.505. The van der Waals surface area contributed by atoms with Crippen molar-refractivity contribution < 1.29 is 4.42 Å². The van der Waals surface area contributed by atoms with Gasteiger partial charge in [-0.25, -0.2) is 4.98 Å². The summed E-state index contributed by atoms with van der Waals surface area (Å²) in [4.78, 5) is 4.40. The van der Waals surface area contributed by atoms with Crippen molar-refractivity contribution in [3.8, 4) is 6.07 Å². The van der Waals surface area contributed by atoms with Gasteiger partial charge in [0.15, 0.2) is 0 Å². The third kappa shape index (κ3) is 3.41. The van der Waals surface area contributed by atoms with Crippen molar-refractivity contribution in [2.24, 2.45) is 0 Å². The zero-order valence-corrected chi connectivity index (χ0v) is 13.9. The summed E-state index contributed by atoms with van der Waals surface area (Å²) in [7, 11) is 0. The van der Waals surface area contributed by atoms with Crippen molar-refractivity contribution in [1.82, 2.24) is 4.98 Å². The fourth-order valence-electron chi connectivity index (χ4n) is 3.19. The fraction of sp³-hybridized carbons (Fsp3) is 0.238. The van der Waals surface area contributed by atoms with Crippen LogP contribution in [-0.4, -0.2) is 11.5 Å². The highest BCUT2D eigenvalue weighted by Crippen LogP contribution is 2.54. The average molecular weight is 329 g/mol. The van der Waals surface area contributed by atoms with Crippen molar-refractivity contribution in [2.75, 3.05) is 11.9 Å². The van der Waals surface area contributed by atoms with Crippen molar-refractivity contribution in [3.05, 3.63) is 83.4 Å². The molecule has 1 N–H and O–H groups in total. The first-order valence-electron chi connectivity index (χ1n) is 8.58. The molecule has 1 aliphatic rings.